The van der Waals surface area contributed by atoms with E-state index in [1.54, 1.807) is 0 Å². The van der Waals surface area contributed by atoms with Gasteiger partial charge in [0.25, 0.3) is 0 Å². The highest BCUT2D eigenvalue weighted by Gasteiger charge is 2.20. The van der Waals surface area contributed by atoms with Crippen LogP contribution in [0.4, 0.5) is 5.69 Å². The Hall–Kier alpha value is -2.28. The fourth-order valence-electron chi connectivity index (χ4n) is 3.12. The molecule has 0 saturated carbocycles. The van der Waals surface area contributed by atoms with E-state index < -0.39 is 0 Å². The topological polar surface area (TPSA) is 12.0 Å². The average molecular weight is 289 g/mol. The number of para-hydroxylation sites is 1. The van der Waals surface area contributed by atoms with Gasteiger partial charge in [0, 0.05) is 17.3 Å². The minimum Gasteiger partial charge on any atom is -0.359 e. The lowest BCUT2D eigenvalue weighted by atomic mass is 9.91. The van der Waals surface area contributed by atoms with Crippen molar-refractivity contribution >= 4 is 11.8 Å². The Morgan fingerprint density at radius 2 is 1.77 bits per heavy atom. The Labute approximate surface area is 133 Å². The number of anilines is 1. The molecule has 1 aliphatic carbocycles. The largest absolute Gasteiger partial charge is 0.359 e. The third-order valence-electron chi connectivity index (χ3n) is 4.26. The van der Waals surface area contributed by atoms with Crippen LogP contribution in [-0.4, -0.2) is 0 Å². The molecule has 0 fully saturated rings. The first-order valence-electron chi connectivity index (χ1n) is 8.11. The Morgan fingerprint density at radius 3 is 2.55 bits per heavy atom. The Bertz CT molecular complexity index is 709. The predicted molar refractivity (Wildman–Crippen MR) is 96.0 cm³/mol. The molecule has 112 valence electrons. The summed E-state index contributed by atoms with van der Waals surface area (Å²) in [6.45, 7) is 4.32. The number of hydrogen-bond donors (Lipinski definition) is 1. The van der Waals surface area contributed by atoms with Crippen molar-refractivity contribution in [2.75, 3.05) is 5.32 Å². The molecular formula is C21H23N. The summed E-state index contributed by atoms with van der Waals surface area (Å²) in [5, 5.41) is 3.63. The number of allylic oxidation sites excluding steroid dienone is 3. The van der Waals surface area contributed by atoms with Gasteiger partial charge in [-0.15, -0.1) is 0 Å². The van der Waals surface area contributed by atoms with Gasteiger partial charge in [-0.05, 0) is 36.1 Å². The zero-order chi connectivity index (χ0) is 15.4. The lowest BCUT2D eigenvalue weighted by Gasteiger charge is -2.19. The summed E-state index contributed by atoms with van der Waals surface area (Å²) < 4.78 is 0. The number of rotatable bonds is 5. The van der Waals surface area contributed by atoms with E-state index in [0.29, 0.717) is 5.92 Å². The van der Waals surface area contributed by atoms with Gasteiger partial charge in [0.15, 0.2) is 0 Å². The molecule has 1 unspecified atom stereocenters. The molecule has 2 aromatic carbocycles. The predicted octanol–water partition coefficient (Wildman–Crippen LogP) is 5.96. The first-order valence-corrected chi connectivity index (χ1v) is 8.11. The van der Waals surface area contributed by atoms with Gasteiger partial charge < -0.3 is 5.32 Å². The molecule has 0 radical (unpaired) electrons. The third kappa shape index (κ3) is 2.85. The van der Waals surface area contributed by atoms with E-state index in [4.69, 9.17) is 0 Å². The molecule has 1 nitrogen and oxygen atoms in total. The third-order valence-corrected chi connectivity index (χ3v) is 4.26. The van der Waals surface area contributed by atoms with Crippen LogP contribution < -0.4 is 5.32 Å². The van der Waals surface area contributed by atoms with Gasteiger partial charge in [-0.25, -0.2) is 0 Å². The molecule has 0 aliphatic heterocycles. The molecule has 1 atom stereocenters. The van der Waals surface area contributed by atoms with Crippen molar-refractivity contribution in [1.82, 2.24) is 0 Å². The lowest BCUT2D eigenvalue weighted by Crippen LogP contribution is -2.05. The van der Waals surface area contributed by atoms with Crippen molar-refractivity contribution < 1.29 is 0 Å². The highest BCUT2D eigenvalue weighted by molar-refractivity contribution is 5.69. The van der Waals surface area contributed by atoms with Crippen LogP contribution in [0.15, 0.2) is 66.4 Å². The summed E-state index contributed by atoms with van der Waals surface area (Å²) in [6.07, 6.45) is 8.96. The summed E-state index contributed by atoms with van der Waals surface area (Å²) in [7, 11) is 0. The second-order valence-corrected chi connectivity index (χ2v) is 5.74. The minimum atomic E-state index is 0.347. The van der Waals surface area contributed by atoms with Crippen LogP contribution in [0.25, 0.3) is 6.08 Å². The van der Waals surface area contributed by atoms with E-state index in [2.05, 4.69) is 85.9 Å². The summed E-state index contributed by atoms with van der Waals surface area (Å²) in [5.41, 5.74) is 6.59. The molecule has 0 saturated heterocycles. The quantitative estimate of drug-likeness (QED) is 0.716. The van der Waals surface area contributed by atoms with E-state index in [9.17, 15) is 0 Å². The fourth-order valence-corrected chi connectivity index (χ4v) is 3.12. The molecule has 0 bridgehead atoms. The maximum atomic E-state index is 3.63. The van der Waals surface area contributed by atoms with Crippen LogP contribution in [0, 0.1) is 0 Å². The lowest BCUT2D eigenvalue weighted by molar-refractivity contribution is 0.905. The van der Waals surface area contributed by atoms with E-state index in [1.165, 1.54) is 28.1 Å². The van der Waals surface area contributed by atoms with Crippen LogP contribution in [-0.2, 0) is 0 Å². The zero-order valence-corrected chi connectivity index (χ0v) is 13.3. The van der Waals surface area contributed by atoms with E-state index in [0.717, 1.165) is 12.8 Å². The number of hydrogen-bond acceptors (Lipinski definition) is 1. The first kappa shape index (κ1) is 14.6. The fraction of sp³-hybridized carbons (Fsp3) is 0.238. The van der Waals surface area contributed by atoms with Gasteiger partial charge >= 0.3 is 0 Å². The van der Waals surface area contributed by atoms with Crippen molar-refractivity contribution in [3.05, 3.63) is 83.1 Å². The van der Waals surface area contributed by atoms with E-state index in [-0.39, 0.29) is 0 Å². The molecule has 0 amide bonds. The number of nitrogens with one attached hydrogen (secondary N) is 1. The van der Waals surface area contributed by atoms with Crippen molar-refractivity contribution in [2.24, 2.45) is 0 Å². The van der Waals surface area contributed by atoms with Gasteiger partial charge in [-0.1, -0.05) is 74.0 Å². The Balaban J connectivity index is 1.95. The summed E-state index contributed by atoms with van der Waals surface area (Å²) in [6, 6.07) is 17.3. The van der Waals surface area contributed by atoms with Crippen LogP contribution in [0.1, 0.15) is 49.3 Å². The molecule has 22 heavy (non-hydrogen) atoms. The van der Waals surface area contributed by atoms with Crippen molar-refractivity contribution in [3.63, 3.8) is 0 Å². The maximum absolute atomic E-state index is 3.63. The van der Waals surface area contributed by atoms with Crippen molar-refractivity contribution in [3.8, 4) is 0 Å². The standard InChI is InChI=1S/C21H23N/c1-3-9-17(4-2)22-21-13-8-7-12-20(21)19-15-14-16-10-5-6-11-18(16)19/h4-8,10-15,19,22H,3,9H2,1-2H3. The smallest absolute Gasteiger partial charge is 0.0423 e. The number of benzene rings is 2. The molecule has 0 aromatic heterocycles. The highest BCUT2D eigenvalue weighted by Crippen LogP contribution is 2.38. The maximum Gasteiger partial charge on any atom is 0.0423 e. The van der Waals surface area contributed by atoms with Crippen LogP contribution >= 0.6 is 0 Å². The monoisotopic (exact) mass is 289 g/mol. The molecule has 0 spiro atoms. The zero-order valence-electron chi connectivity index (χ0n) is 13.3. The Morgan fingerprint density at radius 1 is 1.05 bits per heavy atom. The second-order valence-electron chi connectivity index (χ2n) is 5.74. The van der Waals surface area contributed by atoms with Gasteiger partial charge in [-0.3, -0.25) is 0 Å². The van der Waals surface area contributed by atoms with E-state index >= 15 is 0 Å². The molecule has 0 heterocycles. The van der Waals surface area contributed by atoms with Crippen molar-refractivity contribution in [1.29, 1.82) is 0 Å². The molecule has 1 N–H and O–H groups in total. The van der Waals surface area contributed by atoms with E-state index in [1.807, 2.05) is 0 Å². The average Bonchev–Trinajstić information content (AvgIpc) is 2.99. The van der Waals surface area contributed by atoms with Crippen molar-refractivity contribution in [2.45, 2.75) is 32.6 Å². The summed E-state index contributed by atoms with van der Waals surface area (Å²) >= 11 is 0. The summed E-state index contributed by atoms with van der Waals surface area (Å²) in [4.78, 5) is 0. The minimum absolute atomic E-state index is 0.347. The molecule has 1 aliphatic rings. The van der Waals surface area contributed by atoms with Gasteiger partial charge in [-0.2, -0.15) is 0 Å². The molecular weight excluding hydrogens is 266 g/mol. The second kappa shape index (κ2) is 6.65. The number of fused-ring (bicyclic) bond motifs is 1. The van der Waals surface area contributed by atoms with Crippen LogP contribution in [0.5, 0.6) is 0 Å². The van der Waals surface area contributed by atoms with Gasteiger partial charge in [0.1, 0.15) is 0 Å². The molecule has 2 aromatic rings. The van der Waals surface area contributed by atoms with Crippen LogP contribution in [0.3, 0.4) is 0 Å². The Kier molecular flexibility index (Phi) is 4.43. The highest BCUT2D eigenvalue weighted by atomic mass is 14.9. The van der Waals surface area contributed by atoms with Gasteiger partial charge in [0.05, 0.1) is 0 Å². The molecule has 1 heteroatoms. The SMILES string of the molecule is CC=C(CCC)Nc1ccccc1C1C=Cc2ccccc21. The normalized spacial score (nSPS) is 16.6. The van der Waals surface area contributed by atoms with Crippen LogP contribution in [0.2, 0.25) is 0 Å². The van der Waals surface area contributed by atoms with Gasteiger partial charge in [0.2, 0.25) is 0 Å². The first-order chi connectivity index (χ1) is 10.8. The summed E-state index contributed by atoms with van der Waals surface area (Å²) in [5.74, 6) is 0.347. The molecule has 3 rings (SSSR count).